The predicted octanol–water partition coefficient (Wildman–Crippen LogP) is 1.78. The average molecular weight is 185 g/mol. The molecule has 0 heterocycles. The number of hydrogen-bond acceptors (Lipinski definition) is 2. The molecule has 2 heteroatoms. The maximum Gasteiger partial charge on any atom is 0.0496 e. The minimum absolute atomic E-state index is 0.0842. The van der Waals surface area contributed by atoms with Crippen LogP contribution in [-0.2, 0) is 0 Å². The lowest BCUT2D eigenvalue weighted by atomic mass is 9.88. The summed E-state index contributed by atoms with van der Waals surface area (Å²) in [5, 5.41) is 12.7. The summed E-state index contributed by atoms with van der Waals surface area (Å²) < 4.78 is 0. The van der Waals surface area contributed by atoms with Gasteiger partial charge in [0.2, 0.25) is 0 Å². The van der Waals surface area contributed by atoms with Crippen LogP contribution < -0.4 is 5.32 Å². The Bertz CT molecular complexity index is 154. The van der Waals surface area contributed by atoms with Crippen molar-refractivity contribution < 1.29 is 5.11 Å². The van der Waals surface area contributed by atoms with Crippen molar-refractivity contribution in [1.82, 2.24) is 5.32 Å². The van der Waals surface area contributed by atoms with Gasteiger partial charge in [-0.15, -0.1) is 0 Å². The van der Waals surface area contributed by atoms with E-state index in [0.29, 0.717) is 6.61 Å². The van der Waals surface area contributed by atoms with Crippen molar-refractivity contribution in [3.8, 4) is 0 Å². The Morgan fingerprint density at radius 2 is 2.15 bits per heavy atom. The van der Waals surface area contributed by atoms with E-state index in [1.54, 1.807) is 0 Å². The van der Waals surface area contributed by atoms with Crippen LogP contribution in [0.1, 0.15) is 40.0 Å². The van der Waals surface area contributed by atoms with E-state index in [4.69, 9.17) is 0 Å². The third-order valence-electron chi connectivity index (χ3n) is 3.47. The van der Waals surface area contributed by atoms with Crippen LogP contribution in [0.5, 0.6) is 0 Å². The number of hydrogen-bond donors (Lipinski definition) is 2. The summed E-state index contributed by atoms with van der Waals surface area (Å²) in [6.07, 6.45) is 3.67. The van der Waals surface area contributed by atoms with Gasteiger partial charge in [0.05, 0.1) is 0 Å². The fraction of sp³-hybridized carbons (Fsp3) is 1.00. The Hall–Kier alpha value is -0.0800. The largest absolute Gasteiger partial charge is 0.396 e. The van der Waals surface area contributed by atoms with Crippen LogP contribution in [0, 0.1) is 11.3 Å². The van der Waals surface area contributed by atoms with Crippen molar-refractivity contribution in [3.05, 3.63) is 0 Å². The number of nitrogens with one attached hydrogen (secondary N) is 1. The Balaban J connectivity index is 2.18. The molecule has 0 spiro atoms. The summed E-state index contributed by atoms with van der Waals surface area (Å²) in [7, 11) is 0. The molecule has 2 nitrogen and oxygen atoms in total. The van der Waals surface area contributed by atoms with Gasteiger partial charge >= 0.3 is 0 Å². The van der Waals surface area contributed by atoms with E-state index in [9.17, 15) is 5.11 Å². The van der Waals surface area contributed by atoms with Crippen molar-refractivity contribution in [2.45, 2.75) is 46.1 Å². The highest BCUT2D eigenvalue weighted by Crippen LogP contribution is 2.34. The lowest BCUT2D eigenvalue weighted by Crippen LogP contribution is -2.35. The lowest BCUT2D eigenvalue weighted by Gasteiger charge is -2.26. The fourth-order valence-electron chi connectivity index (χ4n) is 1.62. The molecule has 2 N–H and O–H groups in total. The summed E-state index contributed by atoms with van der Waals surface area (Å²) in [6.45, 7) is 7.78. The van der Waals surface area contributed by atoms with E-state index in [1.165, 1.54) is 12.8 Å². The summed E-state index contributed by atoms with van der Waals surface area (Å²) in [4.78, 5) is 0. The molecule has 1 aliphatic rings. The standard InChI is InChI=1S/C11H23NO/c1-4-9-6-10(9)12-7-11(3,5-2)8-13/h9-10,12-13H,4-8H2,1-3H3. The maximum absolute atomic E-state index is 9.20. The Morgan fingerprint density at radius 3 is 2.54 bits per heavy atom. The molecule has 1 fully saturated rings. The molecular weight excluding hydrogens is 162 g/mol. The van der Waals surface area contributed by atoms with Gasteiger partial charge < -0.3 is 10.4 Å². The lowest BCUT2D eigenvalue weighted by molar-refractivity contribution is 0.134. The Kier molecular flexibility index (Phi) is 3.74. The van der Waals surface area contributed by atoms with Crippen molar-refractivity contribution in [2.24, 2.45) is 11.3 Å². The number of aliphatic hydroxyl groups excluding tert-OH is 1. The van der Waals surface area contributed by atoms with Gasteiger partial charge in [-0.05, 0) is 18.8 Å². The molecule has 0 bridgehead atoms. The van der Waals surface area contributed by atoms with Gasteiger partial charge in [0.25, 0.3) is 0 Å². The smallest absolute Gasteiger partial charge is 0.0496 e. The zero-order valence-corrected chi connectivity index (χ0v) is 9.14. The molecule has 1 saturated carbocycles. The highest BCUT2D eigenvalue weighted by Gasteiger charge is 2.36. The molecule has 3 unspecified atom stereocenters. The second kappa shape index (κ2) is 4.43. The van der Waals surface area contributed by atoms with Gasteiger partial charge in [-0.3, -0.25) is 0 Å². The van der Waals surface area contributed by atoms with Crippen LogP contribution in [0.15, 0.2) is 0 Å². The molecule has 0 radical (unpaired) electrons. The topological polar surface area (TPSA) is 32.3 Å². The van der Waals surface area contributed by atoms with Gasteiger partial charge in [0.15, 0.2) is 0 Å². The van der Waals surface area contributed by atoms with Crippen molar-refractivity contribution in [1.29, 1.82) is 0 Å². The van der Waals surface area contributed by atoms with E-state index in [2.05, 4.69) is 26.1 Å². The third-order valence-corrected chi connectivity index (χ3v) is 3.47. The summed E-state index contributed by atoms with van der Waals surface area (Å²) in [6, 6.07) is 0.738. The number of rotatable bonds is 6. The maximum atomic E-state index is 9.20. The SMILES string of the molecule is CCC1CC1NCC(C)(CC)CO. The van der Waals surface area contributed by atoms with Crippen LogP contribution in [0.3, 0.4) is 0 Å². The molecule has 0 aromatic rings. The van der Waals surface area contributed by atoms with E-state index in [1.807, 2.05) is 0 Å². The number of aliphatic hydroxyl groups is 1. The molecule has 1 rings (SSSR count). The van der Waals surface area contributed by atoms with Gasteiger partial charge in [-0.1, -0.05) is 27.2 Å². The summed E-state index contributed by atoms with van der Waals surface area (Å²) in [5.41, 5.74) is 0.0842. The molecular formula is C11H23NO. The molecule has 0 aliphatic heterocycles. The van der Waals surface area contributed by atoms with E-state index >= 15 is 0 Å². The van der Waals surface area contributed by atoms with Crippen LogP contribution in [-0.4, -0.2) is 24.3 Å². The second-order valence-electron chi connectivity index (χ2n) is 4.71. The summed E-state index contributed by atoms with van der Waals surface area (Å²) >= 11 is 0. The quantitative estimate of drug-likeness (QED) is 0.661. The predicted molar refractivity (Wildman–Crippen MR) is 55.7 cm³/mol. The molecule has 1 aliphatic carbocycles. The van der Waals surface area contributed by atoms with Crippen LogP contribution in [0.4, 0.5) is 0 Å². The van der Waals surface area contributed by atoms with E-state index < -0.39 is 0 Å². The normalized spacial score (nSPS) is 31.4. The average Bonchev–Trinajstić information content (AvgIpc) is 2.93. The van der Waals surface area contributed by atoms with Crippen LogP contribution >= 0.6 is 0 Å². The van der Waals surface area contributed by atoms with Crippen molar-refractivity contribution in [3.63, 3.8) is 0 Å². The Morgan fingerprint density at radius 1 is 1.46 bits per heavy atom. The van der Waals surface area contributed by atoms with Gasteiger partial charge in [-0.2, -0.15) is 0 Å². The van der Waals surface area contributed by atoms with Gasteiger partial charge in [-0.25, -0.2) is 0 Å². The molecule has 0 saturated heterocycles. The molecule has 13 heavy (non-hydrogen) atoms. The second-order valence-corrected chi connectivity index (χ2v) is 4.71. The molecule has 0 amide bonds. The van der Waals surface area contributed by atoms with Crippen molar-refractivity contribution in [2.75, 3.05) is 13.2 Å². The van der Waals surface area contributed by atoms with Crippen molar-refractivity contribution >= 4 is 0 Å². The van der Waals surface area contributed by atoms with Gasteiger partial charge in [0.1, 0.15) is 0 Å². The minimum atomic E-state index is 0.0842. The third kappa shape index (κ3) is 2.96. The first-order chi connectivity index (χ1) is 6.15. The fourth-order valence-corrected chi connectivity index (χ4v) is 1.62. The van der Waals surface area contributed by atoms with E-state index in [-0.39, 0.29) is 5.41 Å². The highest BCUT2D eigenvalue weighted by molar-refractivity contribution is 4.93. The van der Waals surface area contributed by atoms with Crippen LogP contribution in [0.2, 0.25) is 0 Å². The van der Waals surface area contributed by atoms with Gasteiger partial charge in [0, 0.05) is 24.6 Å². The zero-order valence-electron chi connectivity index (χ0n) is 9.14. The molecule has 78 valence electrons. The highest BCUT2D eigenvalue weighted by atomic mass is 16.3. The van der Waals surface area contributed by atoms with E-state index in [0.717, 1.165) is 24.9 Å². The molecule has 0 aromatic heterocycles. The zero-order chi connectivity index (χ0) is 9.90. The first-order valence-corrected chi connectivity index (χ1v) is 5.49. The summed E-state index contributed by atoms with van der Waals surface area (Å²) in [5.74, 6) is 0.903. The Labute approximate surface area is 81.7 Å². The first-order valence-electron chi connectivity index (χ1n) is 5.49. The first kappa shape index (κ1) is 11.0. The monoisotopic (exact) mass is 185 g/mol. The molecule has 0 aromatic carbocycles. The van der Waals surface area contributed by atoms with Crippen LogP contribution in [0.25, 0.3) is 0 Å². The molecule has 3 atom stereocenters. The minimum Gasteiger partial charge on any atom is -0.396 e.